The van der Waals surface area contributed by atoms with Gasteiger partial charge in [0.1, 0.15) is 5.69 Å². The molecule has 0 aliphatic heterocycles. The Balaban J connectivity index is 1.96. The van der Waals surface area contributed by atoms with Gasteiger partial charge in [-0.1, -0.05) is 34.1 Å². The first-order valence-electron chi connectivity index (χ1n) is 5.91. The van der Waals surface area contributed by atoms with Crippen molar-refractivity contribution in [3.05, 3.63) is 68.2 Å². The lowest BCUT2D eigenvalue weighted by Gasteiger charge is -2.06. The number of nitrogens with zero attached hydrogens (tertiary/aromatic N) is 1. The smallest absolute Gasteiger partial charge is 0.292 e. The quantitative estimate of drug-likeness (QED) is 0.513. The molecule has 0 radical (unpaired) electrons. The largest absolute Gasteiger partial charge is 0.393 e. The standard InChI is InChI=1S/C14H13BrN2O3/c15-12-4-1-10(2-5-12)8-20-9-11-3-6-13(16)14(7-11)17(18)19/h1-7H,8-9,16H2. The summed E-state index contributed by atoms with van der Waals surface area (Å²) >= 11 is 3.36. The zero-order chi connectivity index (χ0) is 14.5. The van der Waals surface area contributed by atoms with Crippen molar-refractivity contribution < 1.29 is 9.66 Å². The second-order valence-corrected chi connectivity index (χ2v) is 5.19. The van der Waals surface area contributed by atoms with E-state index < -0.39 is 4.92 Å². The lowest BCUT2D eigenvalue weighted by molar-refractivity contribution is -0.384. The van der Waals surface area contributed by atoms with Crippen molar-refractivity contribution in [1.29, 1.82) is 0 Å². The molecule has 5 nitrogen and oxygen atoms in total. The first kappa shape index (κ1) is 14.5. The normalized spacial score (nSPS) is 10.4. The second kappa shape index (κ2) is 6.49. The summed E-state index contributed by atoms with van der Waals surface area (Å²) in [7, 11) is 0. The summed E-state index contributed by atoms with van der Waals surface area (Å²) in [6.45, 7) is 0.753. The monoisotopic (exact) mass is 336 g/mol. The number of benzene rings is 2. The van der Waals surface area contributed by atoms with E-state index in [2.05, 4.69) is 15.9 Å². The predicted molar refractivity (Wildman–Crippen MR) is 80.1 cm³/mol. The highest BCUT2D eigenvalue weighted by atomic mass is 79.9. The van der Waals surface area contributed by atoms with Crippen LogP contribution in [0.15, 0.2) is 46.9 Å². The van der Waals surface area contributed by atoms with E-state index >= 15 is 0 Å². The topological polar surface area (TPSA) is 78.4 Å². The first-order chi connectivity index (χ1) is 9.56. The van der Waals surface area contributed by atoms with E-state index in [1.165, 1.54) is 12.1 Å². The number of ether oxygens (including phenoxy) is 1. The Hall–Kier alpha value is -1.92. The maximum Gasteiger partial charge on any atom is 0.292 e. The maximum absolute atomic E-state index is 10.8. The number of anilines is 1. The molecule has 2 aromatic rings. The Morgan fingerprint density at radius 3 is 2.35 bits per heavy atom. The van der Waals surface area contributed by atoms with E-state index in [0.29, 0.717) is 13.2 Å². The minimum Gasteiger partial charge on any atom is -0.393 e. The summed E-state index contributed by atoms with van der Waals surface area (Å²) in [4.78, 5) is 10.3. The highest BCUT2D eigenvalue weighted by molar-refractivity contribution is 9.10. The SMILES string of the molecule is Nc1ccc(COCc2ccc(Br)cc2)cc1[N+](=O)[O-]. The number of halogens is 1. The minimum atomic E-state index is -0.493. The number of nitrogens with two attached hydrogens (primary N) is 1. The maximum atomic E-state index is 10.8. The molecule has 0 saturated heterocycles. The molecule has 0 bridgehead atoms. The van der Waals surface area contributed by atoms with Crippen LogP contribution in [0.1, 0.15) is 11.1 Å². The number of hydrogen-bond donors (Lipinski definition) is 1. The van der Waals surface area contributed by atoms with Crippen LogP contribution in [-0.4, -0.2) is 4.92 Å². The van der Waals surface area contributed by atoms with Gasteiger partial charge in [-0.3, -0.25) is 10.1 Å². The summed E-state index contributed by atoms with van der Waals surface area (Å²) in [6.07, 6.45) is 0. The minimum absolute atomic E-state index is 0.0882. The lowest BCUT2D eigenvalue weighted by Crippen LogP contribution is -1.99. The van der Waals surface area contributed by atoms with Crippen molar-refractivity contribution in [2.75, 3.05) is 5.73 Å². The van der Waals surface area contributed by atoms with E-state index in [0.717, 1.165) is 15.6 Å². The molecular formula is C14H13BrN2O3. The van der Waals surface area contributed by atoms with E-state index in [-0.39, 0.29) is 11.4 Å². The molecule has 0 heterocycles. The first-order valence-corrected chi connectivity index (χ1v) is 6.70. The van der Waals surface area contributed by atoms with E-state index in [9.17, 15) is 10.1 Å². The van der Waals surface area contributed by atoms with E-state index in [1.807, 2.05) is 24.3 Å². The molecule has 0 spiro atoms. The summed E-state index contributed by atoms with van der Waals surface area (Å²) < 4.78 is 6.55. The van der Waals surface area contributed by atoms with Crippen LogP contribution in [0.2, 0.25) is 0 Å². The highest BCUT2D eigenvalue weighted by Gasteiger charge is 2.11. The van der Waals surface area contributed by atoms with Gasteiger partial charge in [0.05, 0.1) is 18.1 Å². The third-order valence-electron chi connectivity index (χ3n) is 2.74. The van der Waals surface area contributed by atoms with Gasteiger partial charge in [0.25, 0.3) is 5.69 Å². The predicted octanol–water partition coefficient (Wildman–Crippen LogP) is 3.66. The fraction of sp³-hybridized carbons (Fsp3) is 0.143. The molecule has 0 unspecified atom stereocenters. The summed E-state index contributed by atoms with van der Waals surface area (Å²) in [5.74, 6) is 0. The molecule has 0 atom stereocenters. The second-order valence-electron chi connectivity index (χ2n) is 4.27. The Kier molecular flexibility index (Phi) is 4.70. The van der Waals surface area contributed by atoms with Crippen LogP contribution in [0, 0.1) is 10.1 Å². The van der Waals surface area contributed by atoms with Crippen LogP contribution in [0.3, 0.4) is 0 Å². The number of hydrogen-bond acceptors (Lipinski definition) is 4. The van der Waals surface area contributed by atoms with Crippen LogP contribution in [0.5, 0.6) is 0 Å². The van der Waals surface area contributed by atoms with Crippen molar-refractivity contribution in [2.45, 2.75) is 13.2 Å². The molecule has 0 aliphatic carbocycles. The molecule has 0 amide bonds. The number of nitrogen functional groups attached to an aromatic ring is 1. The average molecular weight is 337 g/mol. The van der Waals surface area contributed by atoms with Crippen LogP contribution < -0.4 is 5.73 Å². The van der Waals surface area contributed by atoms with E-state index in [1.54, 1.807) is 6.07 Å². The van der Waals surface area contributed by atoms with Gasteiger partial charge in [0, 0.05) is 10.5 Å². The molecule has 0 aromatic heterocycles. The van der Waals surface area contributed by atoms with Gasteiger partial charge in [-0.25, -0.2) is 0 Å². The average Bonchev–Trinajstić information content (AvgIpc) is 2.42. The van der Waals surface area contributed by atoms with Gasteiger partial charge in [-0.15, -0.1) is 0 Å². The summed E-state index contributed by atoms with van der Waals surface area (Å²) in [6, 6.07) is 12.5. The molecule has 0 aliphatic rings. The zero-order valence-electron chi connectivity index (χ0n) is 10.6. The van der Waals surface area contributed by atoms with Crippen LogP contribution in [0.25, 0.3) is 0 Å². The van der Waals surface area contributed by atoms with Crippen molar-refractivity contribution in [1.82, 2.24) is 0 Å². The van der Waals surface area contributed by atoms with Gasteiger partial charge >= 0.3 is 0 Å². The Morgan fingerprint density at radius 2 is 1.70 bits per heavy atom. The molecule has 0 saturated carbocycles. The molecule has 6 heteroatoms. The number of nitro benzene ring substituents is 1. The fourth-order valence-electron chi connectivity index (χ4n) is 1.70. The highest BCUT2D eigenvalue weighted by Crippen LogP contribution is 2.22. The summed E-state index contributed by atoms with van der Waals surface area (Å²) in [5.41, 5.74) is 7.37. The third-order valence-corrected chi connectivity index (χ3v) is 3.27. The van der Waals surface area contributed by atoms with Crippen LogP contribution >= 0.6 is 15.9 Å². The molecular weight excluding hydrogens is 324 g/mol. The molecule has 0 fully saturated rings. The van der Waals surface area contributed by atoms with Crippen molar-refractivity contribution in [2.24, 2.45) is 0 Å². The molecule has 104 valence electrons. The molecule has 2 N–H and O–H groups in total. The van der Waals surface area contributed by atoms with Gasteiger partial charge in [0.15, 0.2) is 0 Å². The van der Waals surface area contributed by atoms with Crippen LogP contribution in [0.4, 0.5) is 11.4 Å². The van der Waals surface area contributed by atoms with Gasteiger partial charge in [-0.2, -0.15) is 0 Å². The van der Waals surface area contributed by atoms with E-state index in [4.69, 9.17) is 10.5 Å². The Labute approximate surface area is 124 Å². The van der Waals surface area contributed by atoms with Crippen molar-refractivity contribution in [3.8, 4) is 0 Å². The van der Waals surface area contributed by atoms with Gasteiger partial charge in [0.2, 0.25) is 0 Å². The van der Waals surface area contributed by atoms with Crippen molar-refractivity contribution in [3.63, 3.8) is 0 Å². The zero-order valence-corrected chi connectivity index (χ0v) is 12.2. The molecule has 2 rings (SSSR count). The number of nitro groups is 1. The Morgan fingerprint density at radius 1 is 1.10 bits per heavy atom. The van der Waals surface area contributed by atoms with Crippen molar-refractivity contribution >= 4 is 27.3 Å². The summed E-state index contributed by atoms with van der Waals surface area (Å²) in [5, 5.41) is 10.8. The van der Waals surface area contributed by atoms with Crippen LogP contribution in [-0.2, 0) is 18.0 Å². The Bertz CT molecular complexity index is 614. The lowest BCUT2D eigenvalue weighted by atomic mass is 10.2. The number of rotatable bonds is 5. The van der Waals surface area contributed by atoms with Gasteiger partial charge in [-0.05, 0) is 29.3 Å². The van der Waals surface area contributed by atoms with Gasteiger partial charge < -0.3 is 10.5 Å². The third kappa shape index (κ3) is 3.79. The fourth-order valence-corrected chi connectivity index (χ4v) is 1.97. The molecule has 2 aromatic carbocycles. The molecule has 20 heavy (non-hydrogen) atoms.